The summed E-state index contributed by atoms with van der Waals surface area (Å²) in [7, 11) is 0. The first-order chi connectivity index (χ1) is 16.3. The van der Waals surface area contributed by atoms with Gasteiger partial charge < -0.3 is 19.9 Å². The zero-order valence-corrected chi connectivity index (χ0v) is 22.0. The lowest BCUT2D eigenvalue weighted by Gasteiger charge is -2.37. The number of amides is 3. The van der Waals surface area contributed by atoms with E-state index < -0.39 is 0 Å². The SMILES string of the molecule is CCCNC(=O)N(CC(=O)N1CCc2sccc2[C@H]1COc1ccc(C)cc1C)C[C@H](C)CC. The zero-order chi connectivity index (χ0) is 24.7. The van der Waals surface area contributed by atoms with Crippen LogP contribution in [0.4, 0.5) is 4.79 Å². The normalized spacial score (nSPS) is 16.0. The number of nitrogens with zero attached hydrogens (tertiary/aromatic N) is 2. The number of carbonyl (C=O) groups excluding carboxylic acids is 2. The van der Waals surface area contributed by atoms with Crippen LogP contribution in [-0.2, 0) is 11.2 Å². The Hall–Kier alpha value is -2.54. The van der Waals surface area contributed by atoms with Crippen LogP contribution in [0.3, 0.4) is 0 Å². The number of fused-ring (bicyclic) bond motifs is 1. The molecule has 0 aliphatic carbocycles. The summed E-state index contributed by atoms with van der Waals surface area (Å²) >= 11 is 1.74. The number of carbonyl (C=O) groups is 2. The van der Waals surface area contributed by atoms with Crippen molar-refractivity contribution in [3.8, 4) is 5.75 Å². The largest absolute Gasteiger partial charge is 0.491 e. The van der Waals surface area contributed by atoms with Gasteiger partial charge in [-0.25, -0.2) is 4.79 Å². The van der Waals surface area contributed by atoms with E-state index in [1.807, 2.05) is 30.9 Å². The molecule has 1 aromatic heterocycles. The Balaban J connectivity index is 1.77. The third-order valence-electron chi connectivity index (χ3n) is 6.51. The lowest BCUT2D eigenvalue weighted by molar-refractivity contribution is -0.135. The zero-order valence-electron chi connectivity index (χ0n) is 21.2. The summed E-state index contributed by atoms with van der Waals surface area (Å²) < 4.78 is 6.24. The van der Waals surface area contributed by atoms with Crippen LogP contribution in [0, 0.1) is 19.8 Å². The number of aryl methyl sites for hydroxylation is 2. The smallest absolute Gasteiger partial charge is 0.317 e. The minimum atomic E-state index is -0.160. The highest BCUT2D eigenvalue weighted by Crippen LogP contribution is 2.34. The quantitative estimate of drug-likeness (QED) is 0.494. The first-order valence-corrected chi connectivity index (χ1v) is 13.3. The van der Waals surface area contributed by atoms with Crippen LogP contribution in [-0.4, -0.2) is 54.5 Å². The molecule has 1 N–H and O–H groups in total. The topological polar surface area (TPSA) is 61.9 Å². The predicted molar refractivity (Wildman–Crippen MR) is 139 cm³/mol. The van der Waals surface area contributed by atoms with Crippen LogP contribution in [0.5, 0.6) is 5.75 Å². The van der Waals surface area contributed by atoms with Crippen LogP contribution in [0.2, 0.25) is 0 Å². The summed E-state index contributed by atoms with van der Waals surface area (Å²) in [6.07, 6.45) is 2.66. The molecule has 3 rings (SSSR count). The molecule has 1 aliphatic heterocycles. The van der Waals surface area contributed by atoms with Gasteiger partial charge in [-0.1, -0.05) is 44.9 Å². The van der Waals surface area contributed by atoms with E-state index in [1.165, 1.54) is 16.0 Å². The van der Waals surface area contributed by atoms with Crippen molar-refractivity contribution >= 4 is 23.3 Å². The molecule has 0 spiro atoms. The molecule has 0 radical (unpaired) electrons. The molecule has 2 heterocycles. The first-order valence-electron chi connectivity index (χ1n) is 12.4. The van der Waals surface area contributed by atoms with Crippen LogP contribution in [0.25, 0.3) is 0 Å². The lowest BCUT2D eigenvalue weighted by atomic mass is 10.00. The van der Waals surface area contributed by atoms with Crippen molar-refractivity contribution in [2.45, 2.75) is 59.9 Å². The molecule has 1 aromatic carbocycles. The van der Waals surface area contributed by atoms with Gasteiger partial charge in [0, 0.05) is 24.5 Å². The minimum absolute atomic E-state index is 0.0268. The number of hydrogen-bond donors (Lipinski definition) is 1. The number of rotatable bonds is 10. The van der Waals surface area contributed by atoms with Gasteiger partial charge in [-0.15, -0.1) is 11.3 Å². The van der Waals surface area contributed by atoms with Crippen LogP contribution >= 0.6 is 11.3 Å². The van der Waals surface area contributed by atoms with Crippen LogP contribution in [0.1, 0.15) is 61.2 Å². The van der Waals surface area contributed by atoms with E-state index in [0.29, 0.717) is 32.2 Å². The summed E-state index contributed by atoms with van der Waals surface area (Å²) in [6.45, 7) is 12.7. The summed E-state index contributed by atoms with van der Waals surface area (Å²) in [5, 5.41) is 5.04. The molecule has 0 bridgehead atoms. The minimum Gasteiger partial charge on any atom is -0.491 e. The third kappa shape index (κ3) is 6.53. The monoisotopic (exact) mass is 485 g/mol. The van der Waals surface area contributed by atoms with Gasteiger partial charge >= 0.3 is 6.03 Å². The van der Waals surface area contributed by atoms with Gasteiger partial charge in [0.25, 0.3) is 0 Å². The Kier molecular flexibility index (Phi) is 9.39. The van der Waals surface area contributed by atoms with Crippen LogP contribution < -0.4 is 10.1 Å². The molecule has 2 atom stereocenters. The first kappa shape index (κ1) is 26.1. The van der Waals surface area contributed by atoms with E-state index in [9.17, 15) is 9.59 Å². The summed E-state index contributed by atoms with van der Waals surface area (Å²) in [5.41, 5.74) is 3.45. The molecule has 3 amide bonds. The molecular weight excluding hydrogens is 446 g/mol. The van der Waals surface area contributed by atoms with Crippen molar-refractivity contribution in [2.24, 2.45) is 5.92 Å². The second kappa shape index (κ2) is 12.2. The maximum atomic E-state index is 13.6. The van der Waals surface area contributed by atoms with Crippen molar-refractivity contribution < 1.29 is 14.3 Å². The van der Waals surface area contributed by atoms with Gasteiger partial charge in [0.1, 0.15) is 18.9 Å². The fraction of sp³-hybridized carbons (Fsp3) is 0.556. The van der Waals surface area contributed by atoms with Gasteiger partial charge in [-0.2, -0.15) is 0 Å². The second-order valence-corrected chi connectivity index (χ2v) is 10.4. The molecule has 6 nitrogen and oxygen atoms in total. The summed E-state index contributed by atoms with van der Waals surface area (Å²) in [6, 6.07) is 7.94. The highest BCUT2D eigenvalue weighted by Gasteiger charge is 2.33. The van der Waals surface area contributed by atoms with Gasteiger partial charge in [0.05, 0.1) is 6.04 Å². The lowest BCUT2D eigenvalue weighted by Crippen LogP contribution is -2.50. The number of urea groups is 1. The Morgan fingerprint density at radius 2 is 2.06 bits per heavy atom. The Bertz CT molecular complexity index is 974. The summed E-state index contributed by atoms with van der Waals surface area (Å²) in [4.78, 5) is 31.3. The molecule has 0 saturated heterocycles. The van der Waals surface area contributed by atoms with Crippen molar-refractivity contribution in [2.75, 3.05) is 32.8 Å². The fourth-order valence-corrected chi connectivity index (χ4v) is 5.26. The van der Waals surface area contributed by atoms with Gasteiger partial charge in [-0.05, 0) is 61.2 Å². The van der Waals surface area contributed by atoms with Gasteiger partial charge in [-0.3, -0.25) is 4.79 Å². The van der Waals surface area contributed by atoms with Crippen molar-refractivity contribution in [3.05, 3.63) is 51.2 Å². The maximum absolute atomic E-state index is 13.6. The Morgan fingerprint density at radius 1 is 1.26 bits per heavy atom. The third-order valence-corrected chi connectivity index (χ3v) is 7.51. The van der Waals surface area contributed by atoms with E-state index in [4.69, 9.17) is 4.74 Å². The van der Waals surface area contributed by atoms with Crippen molar-refractivity contribution in [1.29, 1.82) is 0 Å². The molecule has 2 aromatic rings. The molecule has 0 saturated carbocycles. The molecular formula is C27H39N3O3S. The Labute approximate surface area is 208 Å². The van der Waals surface area contributed by atoms with E-state index in [0.717, 1.165) is 30.6 Å². The van der Waals surface area contributed by atoms with Gasteiger partial charge in [0.15, 0.2) is 0 Å². The van der Waals surface area contributed by atoms with Crippen molar-refractivity contribution in [1.82, 2.24) is 15.1 Å². The van der Waals surface area contributed by atoms with Crippen molar-refractivity contribution in [3.63, 3.8) is 0 Å². The average molecular weight is 486 g/mol. The van der Waals surface area contributed by atoms with Crippen LogP contribution in [0.15, 0.2) is 29.6 Å². The fourth-order valence-electron chi connectivity index (χ4n) is 4.33. The maximum Gasteiger partial charge on any atom is 0.317 e. The van der Waals surface area contributed by atoms with Gasteiger partial charge in [0.2, 0.25) is 5.91 Å². The Morgan fingerprint density at radius 3 is 2.76 bits per heavy atom. The number of hydrogen-bond acceptors (Lipinski definition) is 4. The number of ether oxygens (including phenoxy) is 1. The molecule has 0 fully saturated rings. The standard InChI is InChI=1S/C27H39N3O3S/c1-6-12-28-27(32)29(16-19(3)7-2)17-26(31)30-13-10-25-22(11-14-34-25)23(30)18-33-24-9-8-20(4)15-21(24)5/h8-9,11,14-15,19,23H,6-7,10,12-13,16-18H2,1-5H3,(H,28,32)/t19-,23-/m1/s1. The average Bonchev–Trinajstić information content (AvgIpc) is 3.30. The number of thiophene rings is 1. The van der Waals surface area contributed by atoms with E-state index in [1.54, 1.807) is 16.2 Å². The highest BCUT2D eigenvalue weighted by atomic mass is 32.1. The molecule has 7 heteroatoms. The van der Waals surface area contributed by atoms with E-state index in [-0.39, 0.29) is 24.5 Å². The number of nitrogens with one attached hydrogen (secondary N) is 1. The predicted octanol–water partition coefficient (Wildman–Crippen LogP) is 5.34. The summed E-state index contributed by atoms with van der Waals surface area (Å²) in [5.74, 6) is 1.15. The molecule has 0 unspecified atom stereocenters. The number of benzene rings is 1. The van der Waals surface area contributed by atoms with E-state index >= 15 is 0 Å². The molecule has 34 heavy (non-hydrogen) atoms. The second-order valence-electron chi connectivity index (χ2n) is 9.36. The molecule has 186 valence electrons. The highest BCUT2D eigenvalue weighted by molar-refractivity contribution is 7.10. The molecule has 1 aliphatic rings. The van der Waals surface area contributed by atoms with E-state index in [2.05, 4.69) is 43.6 Å².